The highest BCUT2D eigenvalue weighted by molar-refractivity contribution is 7.91. The van der Waals surface area contributed by atoms with Gasteiger partial charge >= 0.3 is 0 Å². The van der Waals surface area contributed by atoms with Crippen molar-refractivity contribution in [3.8, 4) is 0 Å². The minimum Gasteiger partial charge on any atom is -0.206 e. The molecule has 0 amide bonds. The lowest BCUT2D eigenvalue weighted by Gasteiger charge is -2.23. The first-order valence-corrected chi connectivity index (χ1v) is 8.62. The highest BCUT2D eigenvalue weighted by Gasteiger charge is 2.36. The van der Waals surface area contributed by atoms with Crippen LogP contribution >= 0.6 is 11.3 Å². The molecule has 1 aromatic carbocycles. The van der Waals surface area contributed by atoms with Crippen LogP contribution in [0, 0.1) is 0 Å². The van der Waals surface area contributed by atoms with E-state index in [0.29, 0.717) is 10.8 Å². The van der Waals surface area contributed by atoms with Gasteiger partial charge in [-0.2, -0.15) is 4.31 Å². The Morgan fingerprint density at radius 3 is 2.58 bits per heavy atom. The number of sulfonamides is 1. The first-order valence-electron chi connectivity index (χ1n) is 6.30. The van der Waals surface area contributed by atoms with Crippen molar-refractivity contribution in [2.45, 2.75) is 23.1 Å². The summed E-state index contributed by atoms with van der Waals surface area (Å²) in [4.78, 5) is 0. The summed E-state index contributed by atoms with van der Waals surface area (Å²) >= 11 is 1.28. The Balaban J connectivity index is 1.97. The minimum atomic E-state index is -3.34. The van der Waals surface area contributed by atoms with Gasteiger partial charge in [0.2, 0.25) is 0 Å². The van der Waals surface area contributed by atoms with Crippen molar-refractivity contribution in [3.05, 3.63) is 53.4 Å². The number of benzene rings is 1. The maximum atomic E-state index is 12.6. The number of hydrogen-bond acceptors (Lipinski definition) is 3. The van der Waals surface area contributed by atoms with Gasteiger partial charge < -0.3 is 0 Å². The summed E-state index contributed by atoms with van der Waals surface area (Å²) < 4.78 is 27.3. The van der Waals surface area contributed by atoms with Crippen molar-refractivity contribution < 1.29 is 8.42 Å². The van der Waals surface area contributed by atoms with Gasteiger partial charge in [0, 0.05) is 6.54 Å². The molecule has 0 spiro atoms. The van der Waals surface area contributed by atoms with Crippen LogP contribution in [0.15, 0.2) is 52.1 Å². The van der Waals surface area contributed by atoms with Gasteiger partial charge in [-0.3, -0.25) is 0 Å². The van der Waals surface area contributed by atoms with Crippen molar-refractivity contribution >= 4 is 21.4 Å². The molecule has 2 heterocycles. The third-order valence-corrected chi connectivity index (χ3v) is 6.73. The molecule has 5 heteroatoms. The van der Waals surface area contributed by atoms with Crippen molar-refractivity contribution in [2.75, 3.05) is 6.54 Å². The highest BCUT2D eigenvalue weighted by atomic mass is 32.2. The molecule has 0 aliphatic carbocycles. The molecule has 3 nitrogen and oxygen atoms in total. The fraction of sp³-hybridized carbons (Fsp3) is 0.286. The average Bonchev–Trinajstić information content (AvgIpc) is 3.11. The Morgan fingerprint density at radius 2 is 1.89 bits per heavy atom. The summed E-state index contributed by atoms with van der Waals surface area (Å²) in [7, 11) is -3.34. The first-order chi connectivity index (χ1) is 9.19. The quantitative estimate of drug-likeness (QED) is 0.871. The molecule has 1 atom stereocenters. The summed E-state index contributed by atoms with van der Waals surface area (Å²) in [5.41, 5.74) is 1.08. The minimum absolute atomic E-state index is 0.0201. The average molecular weight is 293 g/mol. The normalized spacial score (nSPS) is 20.7. The molecule has 1 aromatic heterocycles. The largest absolute Gasteiger partial charge is 0.253 e. The van der Waals surface area contributed by atoms with E-state index < -0.39 is 10.0 Å². The van der Waals surface area contributed by atoms with Crippen molar-refractivity contribution in [1.29, 1.82) is 0 Å². The third kappa shape index (κ3) is 2.33. The molecule has 0 radical (unpaired) electrons. The summed E-state index contributed by atoms with van der Waals surface area (Å²) in [5, 5.41) is 1.81. The molecule has 0 unspecified atom stereocenters. The van der Waals surface area contributed by atoms with E-state index >= 15 is 0 Å². The number of hydrogen-bond donors (Lipinski definition) is 0. The number of nitrogens with zero attached hydrogens (tertiary/aromatic N) is 1. The van der Waals surface area contributed by atoms with Crippen LogP contribution in [-0.2, 0) is 10.0 Å². The standard InChI is InChI=1S/C14H15NO2S2/c16-19(17,14-9-5-11-18-14)15-10-4-8-13(15)12-6-2-1-3-7-12/h1-3,5-7,9,11,13H,4,8,10H2/t13-/m0/s1. The smallest absolute Gasteiger partial charge is 0.206 e. The van der Waals surface area contributed by atoms with E-state index in [1.165, 1.54) is 11.3 Å². The molecule has 2 aromatic rings. The molecule has 0 N–H and O–H groups in total. The lowest BCUT2D eigenvalue weighted by atomic mass is 10.1. The van der Waals surface area contributed by atoms with Crippen LogP contribution in [0.3, 0.4) is 0 Å². The Labute approximate surface area is 117 Å². The molecule has 100 valence electrons. The van der Waals surface area contributed by atoms with Crippen LogP contribution < -0.4 is 0 Å². The second-order valence-electron chi connectivity index (χ2n) is 4.62. The van der Waals surface area contributed by atoms with Crippen LogP contribution in [0.25, 0.3) is 0 Å². The Hall–Kier alpha value is -1.17. The van der Waals surface area contributed by atoms with Gasteiger partial charge in [0.15, 0.2) is 0 Å². The van der Waals surface area contributed by atoms with E-state index in [2.05, 4.69) is 0 Å². The topological polar surface area (TPSA) is 37.4 Å². The van der Waals surface area contributed by atoms with Gasteiger partial charge in [0.05, 0.1) is 6.04 Å². The molecule has 19 heavy (non-hydrogen) atoms. The van der Waals surface area contributed by atoms with E-state index in [1.807, 2.05) is 30.3 Å². The number of rotatable bonds is 3. The van der Waals surface area contributed by atoms with Crippen LogP contribution in [0.4, 0.5) is 0 Å². The van der Waals surface area contributed by atoms with E-state index in [-0.39, 0.29) is 6.04 Å². The predicted octanol–water partition coefficient (Wildman–Crippen LogP) is 3.27. The summed E-state index contributed by atoms with van der Waals surface area (Å²) in [6.45, 7) is 0.611. The van der Waals surface area contributed by atoms with Crippen molar-refractivity contribution in [3.63, 3.8) is 0 Å². The SMILES string of the molecule is O=S(=O)(c1cccs1)N1CCC[C@H]1c1ccccc1. The van der Waals surface area contributed by atoms with Crippen molar-refractivity contribution in [2.24, 2.45) is 0 Å². The number of thiophene rings is 1. The van der Waals surface area contributed by atoms with Gasteiger partial charge in [0.1, 0.15) is 4.21 Å². The van der Waals surface area contributed by atoms with Gasteiger partial charge in [0.25, 0.3) is 10.0 Å². The third-order valence-electron chi connectivity index (χ3n) is 3.45. The van der Waals surface area contributed by atoms with Crippen LogP contribution in [0.5, 0.6) is 0 Å². The molecular formula is C14H15NO2S2. The Bertz CT molecular complexity index is 635. The summed E-state index contributed by atoms with van der Waals surface area (Å²) in [5.74, 6) is 0. The summed E-state index contributed by atoms with van der Waals surface area (Å²) in [6.07, 6.45) is 1.82. The lowest BCUT2D eigenvalue weighted by Crippen LogP contribution is -2.30. The molecule has 1 aliphatic rings. The van der Waals surface area contributed by atoms with Crippen LogP contribution in [0.1, 0.15) is 24.4 Å². The Morgan fingerprint density at radius 1 is 1.11 bits per heavy atom. The van der Waals surface area contributed by atoms with Gasteiger partial charge in [-0.05, 0) is 29.9 Å². The monoisotopic (exact) mass is 293 g/mol. The summed E-state index contributed by atoms with van der Waals surface area (Å²) in [6, 6.07) is 13.3. The Kier molecular flexibility index (Phi) is 3.43. The molecular weight excluding hydrogens is 278 g/mol. The second kappa shape index (κ2) is 5.07. The van der Waals surface area contributed by atoms with E-state index in [0.717, 1.165) is 18.4 Å². The second-order valence-corrected chi connectivity index (χ2v) is 7.68. The van der Waals surface area contributed by atoms with E-state index in [4.69, 9.17) is 0 Å². The molecule has 0 bridgehead atoms. The maximum Gasteiger partial charge on any atom is 0.253 e. The molecule has 1 fully saturated rings. The molecule has 3 rings (SSSR count). The zero-order chi connectivity index (χ0) is 13.3. The molecule has 0 saturated carbocycles. The fourth-order valence-corrected chi connectivity index (χ4v) is 5.36. The van der Waals surface area contributed by atoms with E-state index in [1.54, 1.807) is 21.8 Å². The zero-order valence-corrected chi connectivity index (χ0v) is 12.0. The molecule has 1 saturated heterocycles. The lowest BCUT2D eigenvalue weighted by molar-refractivity contribution is 0.398. The first kappa shape index (κ1) is 12.8. The van der Waals surface area contributed by atoms with Gasteiger partial charge in [-0.15, -0.1) is 11.3 Å². The molecule has 1 aliphatic heterocycles. The van der Waals surface area contributed by atoms with Crippen LogP contribution in [-0.4, -0.2) is 19.3 Å². The fourth-order valence-electron chi connectivity index (χ4n) is 2.56. The van der Waals surface area contributed by atoms with Crippen molar-refractivity contribution in [1.82, 2.24) is 4.31 Å². The zero-order valence-electron chi connectivity index (χ0n) is 10.4. The van der Waals surface area contributed by atoms with Crippen LogP contribution in [0.2, 0.25) is 0 Å². The predicted molar refractivity (Wildman–Crippen MR) is 76.6 cm³/mol. The highest BCUT2D eigenvalue weighted by Crippen LogP contribution is 2.37. The van der Waals surface area contributed by atoms with E-state index in [9.17, 15) is 8.42 Å². The maximum absolute atomic E-state index is 12.6. The van der Waals surface area contributed by atoms with Gasteiger partial charge in [-0.25, -0.2) is 8.42 Å². The van der Waals surface area contributed by atoms with Gasteiger partial charge in [-0.1, -0.05) is 36.4 Å².